The monoisotopic (exact) mass is 508 g/mol. The van der Waals surface area contributed by atoms with Crippen LogP contribution in [0.3, 0.4) is 0 Å². The molecule has 3 rings (SSSR count). The van der Waals surface area contributed by atoms with Crippen molar-refractivity contribution >= 4 is 29.9 Å². The van der Waals surface area contributed by atoms with Crippen molar-refractivity contribution < 1.29 is 9.47 Å². The Bertz CT molecular complexity index is 927. The van der Waals surface area contributed by atoms with Gasteiger partial charge in [0.15, 0.2) is 5.96 Å². The maximum Gasteiger partial charge on any atom is 0.219 e. The predicted octanol–water partition coefficient (Wildman–Crippen LogP) is 3.10. The lowest BCUT2D eigenvalue weighted by molar-refractivity contribution is 0.407. The highest BCUT2D eigenvalue weighted by Crippen LogP contribution is 2.23. The first-order chi connectivity index (χ1) is 13.7. The number of rotatable bonds is 7. The number of ether oxygens (including phenoxy) is 2. The van der Waals surface area contributed by atoms with E-state index in [1.807, 2.05) is 54.2 Å². The Labute approximate surface area is 187 Å². The van der Waals surface area contributed by atoms with Crippen LogP contribution in [0, 0.1) is 0 Å². The Morgan fingerprint density at radius 3 is 2.55 bits per heavy atom. The van der Waals surface area contributed by atoms with Crippen molar-refractivity contribution in [2.75, 3.05) is 14.2 Å². The second-order valence-electron chi connectivity index (χ2n) is 6.01. The first kappa shape index (κ1) is 22.5. The molecule has 0 atom stereocenters. The van der Waals surface area contributed by atoms with Crippen molar-refractivity contribution in [2.45, 2.75) is 13.1 Å². The van der Waals surface area contributed by atoms with E-state index in [4.69, 9.17) is 9.47 Å². The highest BCUT2D eigenvalue weighted by atomic mass is 127. The lowest BCUT2D eigenvalue weighted by Gasteiger charge is -2.12. The number of aliphatic imine (C=N–C) groups is 1. The molecule has 1 aromatic carbocycles. The zero-order valence-corrected chi connectivity index (χ0v) is 19.0. The van der Waals surface area contributed by atoms with Crippen molar-refractivity contribution in [1.82, 2.24) is 25.4 Å². The van der Waals surface area contributed by atoms with Gasteiger partial charge in [-0.15, -0.1) is 24.0 Å². The van der Waals surface area contributed by atoms with Gasteiger partial charge >= 0.3 is 0 Å². The van der Waals surface area contributed by atoms with E-state index in [-0.39, 0.29) is 24.0 Å². The zero-order valence-electron chi connectivity index (χ0n) is 16.6. The summed E-state index contributed by atoms with van der Waals surface area (Å²) in [5, 5.41) is 10.7. The van der Waals surface area contributed by atoms with E-state index in [1.54, 1.807) is 26.6 Å². The fraction of sp³-hybridized carbons (Fsp3) is 0.250. The van der Waals surface area contributed by atoms with Gasteiger partial charge in [-0.2, -0.15) is 5.10 Å². The lowest BCUT2D eigenvalue weighted by atomic mass is 10.3. The molecular formula is C20H25IN6O2. The molecule has 0 saturated heterocycles. The molecule has 154 valence electrons. The third kappa shape index (κ3) is 6.63. The normalized spacial score (nSPS) is 10.8. The topological polar surface area (TPSA) is 85.6 Å². The number of nitrogens with zero attached hydrogens (tertiary/aromatic N) is 4. The van der Waals surface area contributed by atoms with Gasteiger partial charge in [-0.25, -0.2) is 4.98 Å². The molecule has 0 saturated carbocycles. The Morgan fingerprint density at radius 2 is 1.90 bits per heavy atom. The summed E-state index contributed by atoms with van der Waals surface area (Å²) in [7, 11) is 5.27. The van der Waals surface area contributed by atoms with E-state index in [0.717, 1.165) is 17.0 Å². The molecule has 2 N–H and O–H groups in total. The van der Waals surface area contributed by atoms with Gasteiger partial charge in [0, 0.05) is 45.2 Å². The summed E-state index contributed by atoms with van der Waals surface area (Å²) in [4.78, 5) is 8.59. The van der Waals surface area contributed by atoms with E-state index in [2.05, 4.69) is 25.7 Å². The molecule has 0 radical (unpaired) electrons. The maximum atomic E-state index is 5.76. The SMILES string of the molecule is CN=C(NCc1ccc(Oc2cccc(OC)c2)nc1)NCc1ccnn1C.I. The van der Waals surface area contributed by atoms with Crippen molar-refractivity contribution in [3.05, 3.63) is 66.1 Å². The molecule has 0 spiro atoms. The molecule has 29 heavy (non-hydrogen) atoms. The van der Waals surface area contributed by atoms with Crippen LogP contribution >= 0.6 is 24.0 Å². The number of aromatic nitrogens is 3. The minimum Gasteiger partial charge on any atom is -0.497 e. The molecular weight excluding hydrogens is 483 g/mol. The van der Waals surface area contributed by atoms with Crippen LogP contribution in [0.2, 0.25) is 0 Å². The lowest BCUT2D eigenvalue weighted by Crippen LogP contribution is -2.36. The van der Waals surface area contributed by atoms with Crippen LogP contribution < -0.4 is 20.1 Å². The number of hydrogen-bond acceptors (Lipinski definition) is 5. The summed E-state index contributed by atoms with van der Waals surface area (Å²) >= 11 is 0. The third-order valence-corrected chi connectivity index (χ3v) is 4.10. The van der Waals surface area contributed by atoms with E-state index < -0.39 is 0 Å². The highest BCUT2D eigenvalue weighted by molar-refractivity contribution is 14.0. The average Bonchev–Trinajstić information content (AvgIpc) is 3.14. The number of methoxy groups -OCH3 is 1. The molecule has 0 unspecified atom stereocenters. The van der Waals surface area contributed by atoms with Crippen LogP contribution in [0.1, 0.15) is 11.3 Å². The zero-order chi connectivity index (χ0) is 19.8. The van der Waals surface area contributed by atoms with E-state index in [9.17, 15) is 0 Å². The maximum absolute atomic E-state index is 5.76. The molecule has 8 nitrogen and oxygen atoms in total. The van der Waals surface area contributed by atoms with Gasteiger partial charge in [0.1, 0.15) is 11.5 Å². The van der Waals surface area contributed by atoms with Crippen LogP contribution in [0.4, 0.5) is 0 Å². The molecule has 2 heterocycles. The van der Waals surface area contributed by atoms with E-state index in [0.29, 0.717) is 30.7 Å². The smallest absolute Gasteiger partial charge is 0.219 e. The Hall–Kier alpha value is -2.82. The van der Waals surface area contributed by atoms with Crippen molar-refractivity contribution in [2.24, 2.45) is 12.0 Å². The molecule has 0 aliphatic rings. The highest BCUT2D eigenvalue weighted by Gasteiger charge is 2.04. The number of guanidine groups is 1. The van der Waals surface area contributed by atoms with Crippen LogP contribution in [0.5, 0.6) is 17.4 Å². The fourth-order valence-corrected chi connectivity index (χ4v) is 2.52. The van der Waals surface area contributed by atoms with Crippen molar-refractivity contribution in [3.63, 3.8) is 0 Å². The molecule has 0 bridgehead atoms. The second-order valence-corrected chi connectivity index (χ2v) is 6.01. The Morgan fingerprint density at radius 1 is 1.10 bits per heavy atom. The molecule has 3 aromatic rings. The summed E-state index contributed by atoms with van der Waals surface area (Å²) in [5.41, 5.74) is 2.09. The van der Waals surface area contributed by atoms with Gasteiger partial charge in [-0.1, -0.05) is 12.1 Å². The number of hydrogen-bond donors (Lipinski definition) is 2. The second kappa shape index (κ2) is 11.2. The Balaban J connectivity index is 0.00000300. The van der Waals surface area contributed by atoms with Crippen LogP contribution in [-0.2, 0) is 20.1 Å². The number of benzene rings is 1. The number of nitrogens with one attached hydrogen (secondary N) is 2. The fourth-order valence-electron chi connectivity index (χ4n) is 2.52. The molecule has 9 heteroatoms. The first-order valence-corrected chi connectivity index (χ1v) is 8.86. The van der Waals surface area contributed by atoms with Crippen LogP contribution in [-0.4, -0.2) is 34.9 Å². The van der Waals surface area contributed by atoms with Gasteiger partial charge in [0.25, 0.3) is 0 Å². The number of pyridine rings is 1. The molecule has 0 fully saturated rings. The molecule has 0 amide bonds. The van der Waals surface area contributed by atoms with Crippen LogP contribution in [0.25, 0.3) is 0 Å². The minimum atomic E-state index is 0. The molecule has 0 aliphatic heterocycles. The molecule has 2 aromatic heterocycles. The summed E-state index contributed by atoms with van der Waals surface area (Å²) < 4.78 is 12.8. The summed E-state index contributed by atoms with van der Waals surface area (Å²) in [6, 6.07) is 13.2. The van der Waals surface area contributed by atoms with Gasteiger partial charge in [-0.3, -0.25) is 9.67 Å². The quantitative estimate of drug-likeness (QED) is 0.290. The summed E-state index contributed by atoms with van der Waals surface area (Å²) in [5.74, 6) is 2.65. The Kier molecular flexibility index (Phi) is 8.71. The average molecular weight is 508 g/mol. The van der Waals surface area contributed by atoms with Crippen molar-refractivity contribution in [1.29, 1.82) is 0 Å². The predicted molar refractivity (Wildman–Crippen MR) is 123 cm³/mol. The van der Waals surface area contributed by atoms with Gasteiger partial charge in [-0.05, 0) is 23.8 Å². The van der Waals surface area contributed by atoms with Gasteiger partial charge < -0.3 is 20.1 Å². The van der Waals surface area contributed by atoms with Gasteiger partial charge in [0.2, 0.25) is 5.88 Å². The van der Waals surface area contributed by atoms with Crippen LogP contribution in [0.15, 0.2) is 59.9 Å². The number of halogens is 1. The van der Waals surface area contributed by atoms with Gasteiger partial charge in [0.05, 0.1) is 19.3 Å². The first-order valence-electron chi connectivity index (χ1n) is 8.86. The third-order valence-electron chi connectivity index (χ3n) is 4.10. The summed E-state index contributed by atoms with van der Waals surface area (Å²) in [6.45, 7) is 1.24. The largest absolute Gasteiger partial charge is 0.497 e. The minimum absolute atomic E-state index is 0. The van der Waals surface area contributed by atoms with E-state index in [1.165, 1.54) is 0 Å². The molecule has 0 aliphatic carbocycles. The summed E-state index contributed by atoms with van der Waals surface area (Å²) in [6.07, 6.45) is 3.55. The number of aryl methyl sites for hydroxylation is 1. The standard InChI is InChI=1S/C20H24N6O2.HI/c1-21-20(24-14-16-9-10-25-26(16)2)23-13-15-7-8-19(22-12-15)28-18-6-4-5-17(11-18)27-3;/h4-12H,13-14H2,1-3H3,(H2,21,23,24);1H. The van der Waals surface area contributed by atoms with Crippen molar-refractivity contribution in [3.8, 4) is 17.4 Å². The van der Waals surface area contributed by atoms with E-state index >= 15 is 0 Å².